The lowest BCUT2D eigenvalue weighted by Crippen LogP contribution is -1.93. The van der Waals surface area contributed by atoms with E-state index in [1.54, 1.807) is 25.1 Å². The fraction of sp³-hybridized carbons (Fsp3) is 0.200. The minimum Gasteiger partial charge on any atom is -0.497 e. The number of pyridine rings is 1. The van der Waals surface area contributed by atoms with Gasteiger partial charge in [-0.05, 0) is 18.2 Å². The molecule has 1 aromatic carbocycles. The zero-order valence-corrected chi connectivity index (χ0v) is 12.2. The van der Waals surface area contributed by atoms with Crippen LogP contribution in [0.2, 0.25) is 0 Å². The SMILES string of the molecule is COc1ccnc(CSc2nc3ccccc3n2C)c1. The molecular formula is C15H15N3OS. The Morgan fingerprint density at radius 3 is 2.90 bits per heavy atom. The molecule has 2 heterocycles. The molecule has 0 saturated carbocycles. The number of ether oxygens (including phenoxy) is 1. The van der Waals surface area contributed by atoms with Crippen molar-refractivity contribution in [3.8, 4) is 5.75 Å². The maximum Gasteiger partial charge on any atom is 0.169 e. The van der Waals surface area contributed by atoms with Gasteiger partial charge in [0.05, 0.1) is 23.8 Å². The number of rotatable bonds is 4. The Morgan fingerprint density at radius 1 is 1.25 bits per heavy atom. The maximum absolute atomic E-state index is 5.21. The summed E-state index contributed by atoms with van der Waals surface area (Å²) in [5, 5.41) is 0.996. The van der Waals surface area contributed by atoms with E-state index in [1.165, 1.54) is 0 Å². The van der Waals surface area contributed by atoms with E-state index in [-0.39, 0.29) is 0 Å². The first kappa shape index (κ1) is 13.0. The van der Waals surface area contributed by atoms with Gasteiger partial charge in [0.1, 0.15) is 5.75 Å². The van der Waals surface area contributed by atoms with Crippen molar-refractivity contribution in [3.05, 3.63) is 48.3 Å². The Labute approximate surface area is 121 Å². The first-order valence-corrected chi connectivity index (χ1v) is 7.29. The summed E-state index contributed by atoms with van der Waals surface area (Å²) in [6.45, 7) is 0. The first-order valence-electron chi connectivity index (χ1n) is 6.31. The smallest absolute Gasteiger partial charge is 0.169 e. The Hall–Kier alpha value is -2.01. The second-order valence-corrected chi connectivity index (χ2v) is 5.36. The summed E-state index contributed by atoms with van der Waals surface area (Å²) in [4.78, 5) is 8.98. The van der Waals surface area contributed by atoms with Gasteiger partial charge in [-0.1, -0.05) is 23.9 Å². The molecule has 20 heavy (non-hydrogen) atoms. The number of methoxy groups -OCH3 is 1. The average Bonchev–Trinajstić information content (AvgIpc) is 2.82. The van der Waals surface area contributed by atoms with E-state index in [9.17, 15) is 0 Å². The fourth-order valence-corrected chi connectivity index (χ4v) is 2.94. The Kier molecular flexibility index (Phi) is 3.60. The van der Waals surface area contributed by atoms with Crippen molar-refractivity contribution in [1.29, 1.82) is 0 Å². The zero-order valence-electron chi connectivity index (χ0n) is 11.4. The van der Waals surface area contributed by atoms with Crippen LogP contribution >= 0.6 is 11.8 Å². The van der Waals surface area contributed by atoms with E-state index >= 15 is 0 Å². The van der Waals surface area contributed by atoms with Gasteiger partial charge in [-0.15, -0.1) is 0 Å². The van der Waals surface area contributed by atoms with Crippen molar-refractivity contribution in [2.24, 2.45) is 7.05 Å². The minimum atomic E-state index is 0.772. The van der Waals surface area contributed by atoms with Gasteiger partial charge >= 0.3 is 0 Å². The van der Waals surface area contributed by atoms with Gasteiger partial charge < -0.3 is 9.30 Å². The summed E-state index contributed by atoms with van der Waals surface area (Å²) in [6.07, 6.45) is 1.77. The van der Waals surface area contributed by atoms with Crippen LogP contribution in [0.5, 0.6) is 5.75 Å². The normalized spacial score (nSPS) is 10.9. The van der Waals surface area contributed by atoms with Crippen molar-refractivity contribution < 1.29 is 4.74 Å². The lowest BCUT2D eigenvalue weighted by molar-refractivity contribution is 0.413. The van der Waals surface area contributed by atoms with Crippen LogP contribution in [0.3, 0.4) is 0 Å². The topological polar surface area (TPSA) is 39.9 Å². The highest BCUT2D eigenvalue weighted by atomic mass is 32.2. The number of imidazole rings is 1. The fourth-order valence-electron chi connectivity index (χ4n) is 2.05. The van der Waals surface area contributed by atoms with E-state index in [0.717, 1.165) is 33.4 Å². The van der Waals surface area contributed by atoms with Gasteiger partial charge in [-0.2, -0.15) is 0 Å². The van der Waals surface area contributed by atoms with Crippen molar-refractivity contribution in [1.82, 2.24) is 14.5 Å². The van der Waals surface area contributed by atoms with E-state index in [0.29, 0.717) is 0 Å². The molecule has 0 saturated heterocycles. The van der Waals surface area contributed by atoms with Crippen LogP contribution in [0.15, 0.2) is 47.8 Å². The molecule has 0 aliphatic carbocycles. The predicted octanol–water partition coefficient (Wildman–Crippen LogP) is 3.27. The average molecular weight is 285 g/mol. The Morgan fingerprint density at radius 2 is 2.10 bits per heavy atom. The number of nitrogens with zero attached hydrogens (tertiary/aromatic N) is 3. The molecule has 2 aromatic heterocycles. The van der Waals surface area contributed by atoms with E-state index in [1.807, 2.05) is 37.4 Å². The number of hydrogen-bond acceptors (Lipinski definition) is 4. The molecule has 0 N–H and O–H groups in total. The number of hydrogen-bond donors (Lipinski definition) is 0. The maximum atomic E-state index is 5.21. The molecule has 0 spiro atoms. The Bertz CT molecular complexity index is 739. The third-order valence-electron chi connectivity index (χ3n) is 3.12. The molecule has 3 rings (SSSR count). The summed E-state index contributed by atoms with van der Waals surface area (Å²) in [5.41, 5.74) is 3.16. The first-order chi connectivity index (χ1) is 9.78. The van der Waals surface area contributed by atoms with Crippen LogP contribution in [-0.2, 0) is 12.8 Å². The van der Waals surface area contributed by atoms with Crippen LogP contribution in [-0.4, -0.2) is 21.6 Å². The van der Waals surface area contributed by atoms with Crippen LogP contribution in [0.1, 0.15) is 5.69 Å². The monoisotopic (exact) mass is 285 g/mol. The number of aromatic nitrogens is 3. The van der Waals surface area contributed by atoms with E-state index < -0.39 is 0 Å². The number of benzene rings is 1. The largest absolute Gasteiger partial charge is 0.497 e. The summed E-state index contributed by atoms with van der Waals surface area (Å²) in [6, 6.07) is 12.0. The van der Waals surface area contributed by atoms with Crippen LogP contribution in [0.4, 0.5) is 0 Å². The van der Waals surface area contributed by atoms with E-state index in [2.05, 4.69) is 20.6 Å². The highest BCUT2D eigenvalue weighted by Crippen LogP contribution is 2.25. The molecule has 0 fully saturated rings. The lowest BCUT2D eigenvalue weighted by atomic mass is 10.3. The van der Waals surface area contributed by atoms with Gasteiger partial charge in [-0.3, -0.25) is 4.98 Å². The molecule has 3 aromatic rings. The molecule has 5 heteroatoms. The molecular weight excluding hydrogens is 270 g/mol. The summed E-state index contributed by atoms with van der Waals surface area (Å²) < 4.78 is 7.32. The molecule has 4 nitrogen and oxygen atoms in total. The van der Waals surface area contributed by atoms with Crippen LogP contribution in [0.25, 0.3) is 11.0 Å². The van der Waals surface area contributed by atoms with Crippen molar-refractivity contribution in [2.45, 2.75) is 10.9 Å². The number of thioether (sulfide) groups is 1. The molecule has 0 radical (unpaired) electrons. The minimum absolute atomic E-state index is 0.772. The Balaban J connectivity index is 1.81. The van der Waals surface area contributed by atoms with E-state index in [4.69, 9.17) is 4.74 Å². The predicted molar refractivity (Wildman–Crippen MR) is 81.1 cm³/mol. The molecule has 102 valence electrons. The van der Waals surface area contributed by atoms with Crippen molar-refractivity contribution in [3.63, 3.8) is 0 Å². The number of fused-ring (bicyclic) bond motifs is 1. The molecule has 0 bridgehead atoms. The van der Waals surface area contributed by atoms with Gasteiger partial charge in [0.2, 0.25) is 0 Å². The molecule has 0 aliphatic heterocycles. The van der Waals surface area contributed by atoms with Gasteiger partial charge in [0.15, 0.2) is 5.16 Å². The molecule has 0 amide bonds. The number of para-hydroxylation sites is 2. The quantitative estimate of drug-likeness (QED) is 0.690. The highest BCUT2D eigenvalue weighted by molar-refractivity contribution is 7.98. The van der Waals surface area contributed by atoms with Gasteiger partial charge in [-0.25, -0.2) is 4.98 Å². The van der Waals surface area contributed by atoms with Crippen LogP contribution in [0, 0.1) is 0 Å². The third kappa shape index (κ3) is 2.49. The standard InChI is InChI=1S/C15H15N3OS/c1-18-14-6-4-3-5-13(14)17-15(18)20-10-11-9-12(19-2)7-8-16-11/h3-9H,10H2,1-2H3. The summed E-state index contributed by atoms with van der Waals surface area (Å²) in [5.74, 6) is 1.61. The van der Waals surface area contributed by atoms with Gasteiger partial charge in [0, 0.05) is 25.1 Å². The zero-order chi connectivity index (χ0) is 13.9. The third-order valence-corrected chi connectivity index (χ3v) is 4.18. The van der Waals surface area contributed by atoms with Crippen molar-refractivity contribution in [2.75, 3.05) is 7.11 Å². The van der Waals surface area contributed by atoms with Crippen LogP contribution < -0.4 is 4.74 Å². The summed E-state index contributed by atoms with van der Waals surface area (Å²) >= 11 is 1.68. The molecule has 0 aliphatic rings. The second-order valence-electron chi connectivity index (χ2n) is 4.42. The van der Waals surface area contributed by atoms with Crippen molar-refractivity contribution >= 4 is 22.8 Å². The second kappa shape index (κ2) is 5.54. The lowest BCUT2D eigenvalue weighted by Gasteiger charge is -2.04. The number of aryl methyl sites for hydroxylation is 1. The summed E-state index contributed by atoms with van der Waals surface area (Å²) in [7, 11) is 3.70. The molecule has 0 unspecified atom stereocenters. The van der Waals surface area contributed by atoms with Gasteiger partial charge in [0.25, 0.3) is 0 Å². The highest BCUT2D eigenvalue weighted by Gasteiger charge is 2.08. The molecule has 0 atom stereocenters.